The summed E-state index contributed by atoms with van der Waals surface area (Å²) in [5, 5.41) is 7.90. The maximum absolute atomic E-state index is 12.9. The van der Waals surface area contributed by atoms with Crippen LogP contribution in [0.4, 0.5) is 0 Å². The molecule has 2 heterocycles. The molecule has 1 amide bonds. The summed E-state index contributed by atoms with van der Waals surface area (Å²) in [6.07, 6.45) is 1.98. The third-order valence-corrected chi connectivity index (χ3v) is 4.31. The molecular formula is C18H25ClN4O. The van der Waals surface area contributed by atoms with Crippen molar-refractivity contribution in [2.45, 2.75) is 32.7 Å². The van der Waals surface area contributed by atoms with Gasteiger partial charge in [0.15, 0.2) is 5.69 Å². The minimum absolute atomic E-state index is 0. The molecular weight excluding hydrogens is 324 g/mol. The summed E-state index contributed by atoms with van der Waals surface area (Å²) in [5.74, 6) is 0.0401. The van der Waals surface area contributed by atoms with Crippen LogP contribution in [0.15, 0.2) is 36.4 Å². The van der Waals surface area contributed by atoms with Crippen LogP contribution in [0.3, 0.4) is 0 Å². The highest BCUT2D eigenvalue weighted by molar-refractivity contribution is 5.92. The van der Waals surface area contributed by atoms with Crippen molar-refractivity contribution in [3.8, 4) is 5.69 Å². The third-order valence-electron chi connectivity index (χ3n) is 4.31. The topological polar surface area (TPSA) is 50.2 Å². The highest BCUT2D eigenvalue weighted by Gasteiger charge is 2.28. The molecule has 0 aliphatic carbocycles. The second-order valence-electron chi connectivity index (χ2n) is 6.06. The largest absolute Gasteiger partial charge is 0.333 e. The molecule has 24 heavy (non-hydrogen) atoms. The van der Waals surface area contributed by atoms with Gasteiger partial charge in [-0.1, -0.05) is 25.1 Å². The quantitative estimate of drug-likeness (QED) is 0.904. The van der Waals surface area contributed by atoms with Crippen LogP contribution in [0.1, 0.15) is 35.9 Å². The molecule has 6 heteroatoms. The number of aromatic nitrogens is 2. The minimum atomic E-state index is 0. The molecule has 1 N–H and O–H groups in total. The number of nitrogens with zero attached hydrogens (tertiary/aromatic N) is 3. The Morgan fingerprint density at radius 2 is 2.12 bits per heavy atom. The molecule has 0 saturated carbocycles. The number of amides is 1. The van der Waals surface area contributed by atoms with E-state index in [9.17, 15) is 4.79 Å². The zero-order valence-electron chi connectivity index (χ0n) is 14.2. The van der Waals surface area contributed by atoms with E-state index in [-0.39, 0.29) is 24.4 Å². The molecule has 2 aromatic rings. The van der Waals surface area contributed by atoms with Crippen molar-refractivity contribution in [2.75, 3.05) is 19.6 Å². The second kappa shape index (κ2) is 8.31. The van der Waals surface area contributed by atoms with Crippen molar-refractivity contribution in [1.82, 2.24) is 20.0 Å². The molecule has 1 aromatic carbocycles. The fourth-order valence-corrected chi connectivity index (χ4v) is 3.15. The number of hydrogen-bond donors (Lipinski definition) is 1. The summed E-state index contributed by atoms with van der Waals surface area (Å²) >= 11 is 0. The average Bonchev–Trinajstić information content (AvgIpc) is 3.22. The van der Waals surface area contributed by atoms with Gasteiger partial charge in [0.05, 0.1) is 5.69 Å². The van der Waals surface area contributed by atoms with E-state index >= 15 is 0 Å². The first-order chi connectivity index (χ1) is 11.2. The van der Waals surface area contributed by atoms with Crippen LogP contribution in [-0.4, -0.2) is 46.3 Å². The number of nitrogens with one attached hydrogen (secondary N) is 1. The fourth-order valence-electron chi connectivity index (χ4n) is 3.15. The van der Waals surface area contributed by atoms with Crippen molar-refractivity contribution in [1.29, 1.82) is 0 Å². The molecule has 5 nitrogen and oxygen atoms in total. The van der Waals surface area contributed by atoms with Crippen molar-refractivity contribution >= 4 is 18.3 Å². The predicted octanol–water partition coefficient (Wildman–Crippen LogP) is 2.82. The normalized spacial score (nSPS) is 16.7. The van der Waals surface area contributed by atoms with E-state index in [1.165, 1.54) is 0 Å². The lowest BCUT2D eigenvalue weighted by Gasteiger charge is -2.27. The van der Waals surface area contributed by atoms with Crippen LogP contribution in [0.25, 0.3) is 5.69 Å². The van der Waals surface area contributed by atoms with E-state index in [1.807, 2.05) is 52.9 Å². The number of halogens is 1. The molecule has 1 aromatic heterocycles. The standard InChI is InChI=1S/C18H24N4O.ClH/c1-3-11-21(16-9-10-19-13-16)18(23)17-12-14(2)22(20-17)15-7-5-4-6-8-15;/h4-8,12,16,19H,3,9-11,13H2,1-2H3;1H. The van der Waals surface area contributed by atoms with Crippen LogP contribution in [0.2, 0.25) is 0 Å². The highest BCUT2D eigenvalue weighted by atomic mass is 35.5. The molecule has 0 spiro atoms. The zero-order valence-corrected chi connectivity index (χ0v) is 15.1. The highest BCUT2D eigenvalue weighted by Crippen LogP contribution is 2.17. The molecule has 0 radical (unpaired) electrons. The molecule has 0 bridgehead atoms. The number of rotatable bonds is 5. The van der Waals surface area contributed by atoms with E-state index in [2.05, 4.69) is 17.3 Å². The molecule has 130 valence electrons. The summed E-state index contributed by atoms with van der Waals surface area (Å²) in [7, 11) is 0. The monoisotopic (exact) mass is 348 g/mol. The van der Waals surface area contributed by atoms with Crippen LogP contribution in [-0.2, 0) is 0 Å². The summed E-state index contributed by atoms with van der Waals surface area (Å²) in [5.41, 5.74) is 2.49. The first kappa shape index (κ1) is 18.5. The second-order valence-corrected chi connectivity index (χ2v) is 6.06. The lowest BCUT2D eigenvalue weighted by molar-refractivity contribution is 0.0685. The Morgan fingerprint density at radius 3 is 2.75 bits per heavy atom. The predicted molar refractivity (Wildman–Crippen MR) is 98.2 cm³/mol. The lowest BCUT2D eigenvalue weighted by atomic mass is 10.2. The van der Waals surface area contributed by atoms with Crippen molar-refractivity contribution in [3.63, 3.8) is 0 Å². The number of benzene rings is 1. The number of carbonyl (C=O) groups excluding carboxylic acids is 1. The first-order valence-corrected chi connectivity index (χ1v) is 8.34. The SMILES string of the molecule is CCCN(C(=O)c1cc(C)n(-c2ccccc2)n1)C1CCNC1.Cl. The fraction of sp³-hybridized carbons (Fsp3) is 0.444. The maximum atomic E-state index is 12.9. The van der Waals surface area contributed by atoms with Crippen LogP contribution in [0, 0.1) is 6.92 Å². The van der Waals surface area contributed by atoms with Gasteiger partial charge in [-0.3, -0.25) is 4.79 Å². The molecule has 1 fully saturated rings. The smallest absolute Gasteiger partial charge is 0.274 e. The summed E-state index contributed by atoms with van der Waals surface area (Å²) in [6.45, 7) is 6.73. The minimum Gasteiger partial charge on any atom is -0.333 e. The van der Waals surface area contributed by atoms with E-state index in [0.717, 1.165) is 43.9 Å². The third kappa shape index (κ3) is 3.79. The summed E-state index contributed by atoms with van der Waals surface area (Å²) in [6, 6.07) is 12.1. The lowest BCUT2D eigenvalue weighted by Crippen LogP contribution is -2.42. The number of aryl methyl sites for hydroxylation is 1. The Hall–Kier alpha value is -1.85. The van der Waals surface area contributed by atoms with Crippen LogP contribution >= 0.6 is 12.4 Å². The van der Waals surface area contributed by atoms with Crippen molar-refractivity contribution in [2.24, 2.45) is 0 Å². The number of hydrogen-bond acceptors (Lipinski definition) is 3. The van der Waals surface area contributed by atoms with Gasteiger partial charge in [0.1, 0.15) is 0 Å². The van der Waals surface area contributed by atoms with Gasteiger partial charge in [-0.25, -0.2) is 4.68 Å². The van der Waals surface area contributed by atoms with Gasteiger partial charge in [-0.05, 0) is 44.5 Å². The molecule has 3 rings (SSSR count). The van der Waals surface area contributed by atoms with Gasteiger partial charge in [0.25, 0.3) is 5.91 Å². The molecule has 1 saturated heterocycles. The molecule has 1 aliphatic rings. The van der Waals surface area contributed by atoms with Gasteiger partial charge in [0.2, 0.25) is 0 Å². The Balaban J connectivity index is 0.00000208. The maximum Gasteiger partial charge on any atom is 0.274 e. The molecule has 1 unspecified atom stereocenters. The number of para-hydroxylation sites is 1. The van der Waals surface area contributed by atoms with Gasteiger partial charge in [-0.2, -0.15) is 5.10 Å². The summed E-state index contributed by atoms with van der Waals surface area (Å²) < 4.78 is 1.84. The molecule has 1 atom stereocenters. The van der Waals surface area contributed by atoms with E-state index < -0.39 is 0 Å². The van der Waals surface area contributed by atoms with Crippen LogP contribution < -0.4 is 5.32 Å². The Bertz CT molecular complexity index is 665. The van der Waals surface area contributed by atoms with Gasteiger partial charge in [0, 0.05) is 24.8 Å². The van der Waals surface area contributed by atoms with Crippen molar-refractivity contribution < 1.29 is 4.79 Å². The van der Waals surface area contributed by atoms with Gasteiger partial charge in [-0.15, -0.1) is 12.4 Å². The Kier molecular flexibility index (Phi) is 6.40. The van der Waals surface area contributed by atoms with Gasteiger partial charge >= 0.3 is 0 Å². The van der Waals surface area contributed by atoms with Crippen LogP contribution in [0.5, 0.6) is 0 Å². The number of carbonyl (C=O) groups is 1. The average molecular weight is 349 g/mol. The zero-order chi connectivity index (χ0) is 16.2. The Morgan fingerprint density at radius 1 is 1.38 bits per heavy atom. The van der Waals surface area contributed by atoms with E-state index in [0.29, 0.717) is 5.69 Å². The molecule has 1 aliphatic heterocycles. The summed E-state index contributed by atoms with van der Waals surface area (Å²) in [4.78, 5) is 14.9. The van der Waals surface area contributed by atoms with E-state index in [4.69, 9.17) is 0 Å². The Labute approximate surface area is 149 Å². The van der Waals surface area contributed by atoms with E-state index in [1.54, 1.807) is 0 Å². The van der Waals surface area contributed by atoms with Gasteiger partial charge < -0.3 is 10.2 Å². The van der Waals surface area contributed by atoms with Crippen molar-refractivity contribution in [3.05, 3.63) is 47.8 Å². The first-order valence-electron chi connectivity index (χ1n) is 8.34.